The van der Waals surface area contributed by atoms with Crippen molar-refractivity contribution in [3.63, 3.8) is 0 Å². The molecule has 38 heavy (non-hydrogen) atoms. The number of hydrogen-bond donors (Lipinski definition) is 2. The Kier molecular flexibility index (Phi) is 11.6. The van der Waals surface area contributed by atoms with Gasteiger partial charge in [0, 0.05) is 17.5 Å². The molecule has 0 saturated carbocycles. The third kappa shape index (κ3) is 11.4. The van der Waals surface area contributed by atoms with Gasteiger partial charge >= 0.3 is 0 Å². The number of rotatable bonds is 4. The van der Waals surface area contributed by atoms with Crippen molar-refractivity contribution < 1.29 is 67.6 Å². The van der Waals surface area contributed by atoms with Crippen molar-refractivity contribution in [2.24, 2.45) is 0 Å². The Morgan fingerprint density at radius 2 is 1.13 bits per heavy atom. The van der Waals surface area contributed by atoms with E-state index in [1.54, 1.807) is 0 Å². The molecule has 0 spiro atoms. The van der Waals surface area contributed by atoms with E-state index in [2.05, 4.69) is 118 Å². The molecule has 1 aliphatic heterocycles. The van der Waals surface area contributed by atoms with Crippen LogP contribution in [-0.4, -0.2) is 21.1 Å². The number of nitrogens with one attached hydrogen (secondary N) is 2. The van der Waals surface area contributed by atoms with Crippen LogP contribution in [0.1, 0.15) is 22.6 Å². The monoisotopic (exact) mass is 566 g/mol. The highest BCUT2D eigenvalue weighted by atomic mass is 35.7. The maximum atomic E-state index is 8.49. The lowest BCUT2D eigenvalue weighted by molar-refractivity contribution is -2.00. The first kappa shape index (κ1) is 31.5. The van der Waals surface area contributed by atoms with Crippen LogP contribution in [0.25, 0.3) is 6.08 Å². The largest absolute Gasteiger partial charge is 0.307 e. The van der Waals surface area contributed by atoms with Gasteiger partial charge in [-0.3, -0.25) is 4.90 Å². The molecule has 0 aromatic heterocycles. The second-order valence-corrected chi connectivity index (χ2v) is 9.95. The van der Waals surface area contributed by atoms with Crippen LogP contribution in [-0.2, 0) is 0 Å². The van der Waals surface area contributed by atoms with Crippen LogP contribution in [0, 0.1) is 20.5 Å². The van der Waals surface area contributed by atoms with Crippen molar-refractivity contribution >= 4 is 17.5 Å². The molecular formula is C26H28Cl2N2O8. The molecule has 2 atom stereocenters. The second kappa shape index (κ2) is 13.9. The average Bonchev–Trinajstić information content (AvgIpc) is 2.82. The van der Waals surface area contributed by atoms with Crippen LogP contribution >= 0.6 is 0 Å². The molecular weight excluding hydrogens is 539 g/mol. The van der Waals surface area contributed by atoms with E-state index in [-0.39, 0.29) is 5.92 Å². The zero-order valence-corrected chi connectivity index (χ0v) is 22.3. The van der Waals surface area contributed by atoms with E-state index < -0.39 is 20.5 Å². The molecule has 0 radical (unpaired) electrons. The second-order valence-electron chi connectivity index (χ2n) is 8.43. The van der Waals surface area contributed by atoms with Crippen molar-refractivity contribution in [1.82, 2.24) is 0 Å². The predicted octanol–water partition coefficient (Wildman–Crippen LogP) is -6.16. The van der Waals surface area contributed by atoms with E-state index in [9.17, 15) is 0 Å². The number of quaternary nitrogens is 2. The summed E-state index contributed by atoms with van der Waals surface area (Å²) in [7, 11) is -3.34. The van der Waals surface area contributed by atoms with Crippen LogP contribution in [0.4, 0.5) is 11.4 Å². The van der Waals surface area contributed by atoms with Crippen LogP contribution < -0.4 is 47.1 Å². The molecule has 3 aromatic carbocycles. The molecule has 10 nitrogen and oxygen atoms in total. The Hall–Kier alpha value is -2.68. The summed E-state index contributed by atoms with van der Waals surface area (Å²) >= 11 is 0. The minimum absolute atomic E-state index is 0.229. The number of para-hydroxylation sites is 1. The summed E-state index contributed by atoms with van der Waals surface area (Å²) in [4.78, 5) is 2.69. The lowest BCUT2D eigenvalue weighted by Gasteiger charge is -2.22. The van der Waals surface area contributed by atoms with Gasteiger partial charge in [-0.1, -0.05) is 54.6 Å². The van der Waals surface area contributed by atoms with Gasteiger partial charge in [0.2, 0.25) is 0 Å². The van der Waals surface area contributed by atoms with Gasteiger partial charge in [0.1, 0.15) is 17.1 Å². The third-order valence-corrected chi connectivity index (χ3v) is 5.59. The van der Waals surface area contributed by atoms with Gasteiger partial charge in [0.15, 0.2) is 0 Å². The molecule has 0 aliphatic carbocycles. The maximum absolute atomic E-state index is 8.49. The smallest absolute Gasteiger partial charge is 0.143 e. The number of likely N-dealkylation sites (N-methyl/N-ethyl adjacent to an activating group) is 1. The third-order valence-electron chi connectivity index (χ3n) is 5.59. The minimum Gasteiger partial charge on any atom is -0.307 e. The molecule has 0 amide bonds. The molecule has 4 rings (SSSR count). The van der Waals surface area contributed by atoms with E-state index in [1.807, 2.05) is 0 Å². The zero-order valence-electron chi connectivity index (χ0n) is 20.8. The van der Waals surface area contributed by atoms with Gasteiger partial charge in [-0.05, 0) is 47.6 Å². The quantitative estimate of drug-likeness (QED) is 0.311. The van der Waals surface area contributed by atoms with Gasteiger partial charge < -0.3 is 4.90 Å². The van der Waals surface area contributed by atoms with E-state index in [1.165, 1.54) is 43.6 Å². The number of halogens is 2. The molecule has 2 N–H and O–H groups in total. The Balaban J connectivity index is 0.000000435. The molecule has 3 aromatic rings. The van der Waals surface area contributed by atoms with Gasteiger partial charge in [0.05, 0.1) is 21.1 Å². The number of hydrogen-bond acceptors (Lipinski definition) is 8. The summed E-state index contributed by atoms with van der Waals surface area (Å²) in [6.07, 6.45) is 6.90. The Morgan fingerprint density at radius 3 is 1.66 bits per heavy atom. The standard InChI is InChI=1S/C26H26N2.2ClHO4/c1-27(2)23-16-13-21(14-17-23)25(20-9-5-4-6-10-20)19-24-18-15-22-11-7-8-12-26(22)28(24)3;2*2-1(3,4)5/h4-19,25H,1-3H3;2*(H,2,3,4,5)/b24-19+;;. The molecule has 204 valence electrons. The number of fused-ring (bicyclic) bond motifs is 1. The fourth-order valence-corrected chi connectivity index (χ4v) is 3.87. The highest BCUT2D eigenvalue weighted by Gasteiger charge is 2.22. The van der Waals surface area contributed by atoms with Crippen LogP contribution in [0.5, 0.6) is 0 Å². The van der Waals surface area contributed by atoms with E-state index in [0.717, 1.165) is 0 Å². The summed E-state index contributed by atoms with van der Waals surface area (Å²) < 4.78 is 67.9. The van der Waals surface area contributed by atoms with E-state index in [4.69, 9.17) is 37.3 Å². The minimum atomic E-state index is -4.94. The zero-order chi connectivity index (χ0) is 28.5. The van der Waals surface area contributed by atoms with Gasteiger partial charge in [-0.25, -0.2) is 37.3 Å². The van der Waals surface area contributed by atoms with Crippen molar-refractivity contribution in [2.45, 2.75) is 5.92 Å². The van der Waals surface area contributed by atoms with Gasteiger partial charge in [-0.15, -0.1) is 20.5 Å². The highest BCUT2D eigenvalue weighted by molar-refractivity contribution is 5.65. The molecule has 0 fully saturated rings. The molecule has 0 bridgehead atoms. The fourth-order valence-electron chi connectivity index (χ4n) is 3.87. The number of allylic oxidation sites excluding steroid dienone is 2. The topological polar surface area (TPSA) is 193 Å². The van der Waals surface area contributed by atoms with Crippen LogP contribution in [0.2, 0.25) is 0 Å². The molecule has 1 heterocycles. The molecule has 0 saturated heterocycles. The first-order valence-electron chi connectivity index (χ1n) is 11.2. The lowest BCUT2D eigenvalue weighted by Crippen LogP contribution is -3.02. The first-order chi connectivity index (χ1) is 17.6. The fraction of sp³-hybridized carbons (Fsp3) is 0.154. The molecule has 12 heteroatoms. The molecule has 1 aliphatic rings. The Labute approximate surface area is 225 Å². The normalized spacial score (nSPS) is 16.6. The lowest BCUT2D eigenvalue weighted by atomic mass is 9.89. The molecule has 2 unspecified atom stereocenters. The van der Waals surface area contributed by atoms with Gasteiger partial charge in [-0.2, -0.15) is 0 Å². The average molecular weight is 567 g/mol. The maximum Gasteiger partial charge on any atom is 0.143 e. The van der Waals surface area contributed by atoms with Crippen molar-refractivity contribution in [1.29, 1.82) is 0 Å². The van der Waals surface area contributed by atoms with Crippen molar-refractivity contribution in [3.8, 4) is 0 Å². The van der Waals surface area contributed by atoms with Crippen LogP contribution in [0.15, 0.2) is 96.7 Å². The van der Waals surface area contributed by atoms with Crippen LogP contribution in [0.3, 0.4) is 0 Å². The summed E-state index contributed by atoms with van der Waals surface area (Å²) in [5, 5.41) is 0. The van der Waals surface area contributed by atoms with Crippen molar-refractivity contribution in [3.05, 3.63) is 113 Å². The summed E-state index contributed by atoms with van der Waals surface area (Å²) in [5.41, 5.74) is 7.87. The summed E-state index contributed by atoms with van der Waals surface area (Å²) in [5.74, 6) is 0.229. The summed E-state index contributed by atoms with van der Waals surface area (Å²) in [6.45, 7) is 0. The SMILES string of the molecule is C[NH+](C)c1ccc(C(/C=C2\C=Cc3ccccc3[NH+]2C)c2ccccc2)cc1.[O-][Cl+3]([O-])([O-])[O-].[O-][Cl+3]([O-])([O-])[O-]. The highest BCUT2D eigenvalue weighted by Crippen LogP contribution is 2.28. The Bertz CT molecular complexity index is 1180. The van der Waals surface area contributed by atoms with Gasteiger partial charge in [0.25, 0.3) is 0 Å². The Morgan fingerprint density at radius 1 is 0.658 bits per heavy atom. The van der Waals surface area contributed by atoms with E-state index in [0.29, 0.717) is 0 Å². The van der Waals surface area contributed by atoms with Crippen molar-refractivity contribution in [2.75, 3.05) is 21.1 Å². The predicted molar refractivity (Wildman–Crippen MR) is 117 cm³/mol. The van der Waals surface area contributed by atoms with E-state index >= 15 is 0 Å². The first-order valence-corrected chi connectivity index (χ1v) is 13.6. The number of benzene rings is 3. The summed E-state index contributed by atoms with van der Waals surface area (Å²) in [6, 6.07) is 28.4.